The van der Waals surface area contributed by atoms with Crippen molar-refractivity contribution in [3.05, 3.63) is 17.1 Å². The van der Waals surface area contributed by atoms with Gasteiger partial charge in [-0.05, 0) is 19.3 Å². The van der Waals surface area contributed by atoms with Crippen LogP contribution >= 0.6 is 11.5 Å². The molecule has 2 aromatic heterocycles. The van der Waals surface area contributed by atoms with E-state index in [1.807, 2.05) is 7.05 Å². The first kappa shape index (κ1) is 13.4. The van der Waals surface area contributed by atoms with Gasteiger partial charge in [0.25, 0.3) is 0 Å². The van der Waals surface area contributed by atoms with E-state index in [1.165, 1.54) is 24.4 Å². The molecule has 3 rings (SSSR count). The van der Waals surface area contributed by atoms with Crippen molar-refractivity contribution >= 4 is 16.7 Å². The number of rotatable bonds is 6. The number of nitrogens with zero attached hydrogens (tertiary/aromatic N) is 4. The second kappa shape index (κ2) is 5.40. The minimum atomic E-state index is 0.598. The van der Waals surface area contributed by atoms with Gasteiger partial charge in [0.2, 0.25) is 11.0 Å². The Hall–Kier alpha value is -1.63. The van der Waals surface area contributed by atoms with Gasteiger partial charge in [0.05, 0.1) is 18.4 Å². The molecule has 0 atom stereocenters. The second-order valence-corrected chi connectivity index (χ2v) is 5.75. The summed E-state index contributed by atoms with van der Waals surface area (Å²) < 4.78 is 11.6. The Morgan fingerprint density at radius 2 is 2.25 bits per heavy atom. The number of methoxy groups -OCH3 is 1. The van der Waals surface area contributed by atoms with E-state index in [9.17, 15) is 0 Å². The molecule has 0 amide bonds. The summed E-state index contributed by atoms with van der Waals surface area (Å²) in [6.45, 7) is 2.76. The van der Waals surface area contributed by atoms with Crippen LogP contribution < -0.4 is 10.1 Å². The molecule has 0 radical (unpaired) electrons. The Morgan fingerprint density at radius 3 is 2.90 bits per heavy atom. The third kappa shape index (κ3) is 2.49. The van der Waals surface area contributed by atoms with Crippen LogP contribution in [0.2, 0.25) is 0 Å². The molecule has 1 N–H and O–H groups in total. The largest absolute Gasteiger partial charge is 0.481 e. The van der Waals surface area contributed by atoms with Crippen molar-refractivity contribution in [1.82, 2.24) is 19.1 Å². The van der Waals surface area contributed by atoms with Gasteiger partial charge in [-0.2, -0.15) is 9.47 Å². The summed E-state index contributed by atoms with van der Waals surface area (Å²) in [5.41, 5.74) is 2.16. The third-order valence-electron chi connectivity index (χ3n) is 3.50. The van der Waals surface area contributed by atoms with Crippen molar-refractivity contribution < 1.29 is 4.74 Å². The summed E-state index contributed by atoms with van der Waals surface area (Å²) in [7, 11) is 3.58. The van der Waals surface area contributed by atoms with E-state index < -0.39 is 0 Å². The molecular formula is C13H19N5OS. The van der Waals surface area contributed by atoms with E-state index >= 15 is 0 Å². The van der Waals surface area contributed by atoms with Crippen LogP contribution in [0.5, 0.6) is 5.88 Å². The molecule has 0 unspecified atom stereocenters. The molecule has 2 aromatic rings. The molecule has 108 valence electrons. The van der Waals surface area contributed by atoms with Crippen molar-refractivity contribution in [2.45, 2.75) is 38.6 Å². The fourth-order valence-corrected chi connectivity index (χ4v) is 2.94. The first-order valence-electron chi connectivity index (χ1n) is 6.89. The van der Waals surface area contributed by atoms with Crippen LogP contribution in [0.25, 0.3) is 0 Å². The summed E-state index contributed by atoms with van der Waals surface area (Å²) in [5, 5.41) is 8.69. The van der Waals surface area contributed by atoms with Crippen molar-refractivity contribution in [1.29, 1.82) is 0 Å². The second-order valence-electron chi connectivity index (χ2n) is 5.00. The SMILES string of the molecule is CCc1nn(C)c(OC)c1CNc1nc(C2CC2)ns1. The smallest absolute Gasteiger partial charge is 0.216 e. The van der Waals surface area contributed by atoms with Gasteiger partial charge in [0, 0.05) is 31.0 Å². The molecule has 20 heavy (non-hydrogen) atoms. The molecule has 2 heterocycles. The Balaban J connectivity index is 1.73. The van der Waals surface area contributed by atoms with Crippen LogP contribution in [0.15, 0.2) is 0 Å². The van der Waals surface area contributed by atoms with E-state index in [0.717, 1.165) is 34.5 Å². The fourth-order valence-electron chi connectivity index (χ4n) is 2.30. The number of anilines is 1. The highest BCUT2D eigenvalue weighted by molar-refractivity contribution is 7.09. The van der Waals surface area contributed by atoms with Gasteiger partial charge >= 0.3 is 0 Å². The molecule has 0 saturated heterocycles. The number of nitrogens with one attached hydrogen (secondary N) is 1. The predicted octanol–water partition coefficient (Wildman–Crippen LogP) is 2.33. The van der Waals surface area contributed by atoms with Crippen LogP contribution in [0.3, 0.4) is 0 Å². The van der Waals surface area contributed by atoms with Gasteiger partial charge in [-0.15, -0.1) is 0 Å². The van der Waals surface area contributed by atoms with Crippen LogP contribution in [0, 0.1) is 0 Å². The topological polar surface area (TPSA) is 64.9 Å². The molecule has 0 spiro atoms. The average molecular weight is 293 g/mol. The Morgan fingerprint density at radius 1 is 1.45 bits per heavy atom. The van der Waals surface area contributed by atoms with Gasteiger partial charge in [-0.25, -0.2) is 9.67 Å². The van der Waals surface area contributed by atoms with Gasteiger partial charge in [0.15, 0.2) is 0 Å². The van der Waals surface area contributed by atoms with E-state index in [2.05, 4.69) is 26.7 Å². The highest BCUT2D eigenvalue weighted by Crippen LogP contribution is 2.39. The standard InChI is InChI=1S/C13H19N5OS/c1-4-10-9(12(19-3)18(2)16-10)7-14-13-15-11(17-20-13)8-5-6-8/h8H,4-7H2,1-3H3,(H,14,15,17). The normalized spacial score (nSPS) is 14.6. The van der Waals surface area contributed by atoms with Crippen LogP contribution in [0.1, 0.15) is 42.8 Å². The van der Waals surface area contributed by atoms with Crippen molar-refractivity contribution in [2.24, 2.45) is 7.05 Å². The lowest BCUT2D eigenvalue weighted by atomic mass is 10.2. The minimum Gasteiger partial charge on any atom is -0.481 e. The number of aryl methyl sites for hydroxylation is 2. The van der Waals surface area contributed by atoms with Crippen LogP contribution in [0.4, 0.5) is 5.13 Å². The Kier molecular flexibility index (Phi) is 3.60. The van der Waals surface area contributed by atoms with E-state index in [0.29, 0.717) is 12.5 Å². The summed E-state index contributed by atoms with van der Waals surface area (Å²) in [6, 6.07) is 0. The van der Waals surface area contributed by atoms with Gasteiger partial charge < -0.3 is 10.1 Å². The third-order valence-corrected chi connectivity index (χ3v) is 4.19. The fraction of sp³-hybridized carbons (Fsp3) is 0.615. The van der Waals surface area contributed by atoms with Crippen molar-refractivity contribution in [2.75, 3.05) is 12.4 Å². The lowest BCUT2D eigenvalue weighted by molar-refractivity contribution is 0.370. The first-order valence-corrected chi connectivity index (χ1v) is 7.66. The molecule has 0 aromatic carbocycles. The predicted molar refractivity (Wildman–Crippen MR) is 78.3 cm³/mol. The monoisotopic (exact) mass is 293 g/mol. The molecule has 1 fully saturated rings. The summed E-state index contributed by atoms with van der Waals surface area (Å²) in [6.07, 6.45) is 3.34. The highest BCUT2D eigenvalue weighted by atomic mass is 32.1. The Labute approximate surface area is 122 Å². The molecule has 7 heteroatoms. The average Bonchev–Trinajstić information content (AvgIpc) is 3.11. The van der Waals surface area contributed by atoms with Crippen molar-refractivity contribution in [3.63, 3.8) is 0 Å². The van der Waals surface area contributed by atoms with Gasteiger partial charge in [-0.1, -0.05) is 6.92 Å². The highest BCUT2D eigenvalue weighted by Gasteiger charge is 2.27. The zero-order valence-electron chi connectivity index (χ0n) is 12.0. The maximum Gasteiger partial charge on any atom is 0.216 e. The maximum atomic E-state index is 5.43. The van der Waals surface area contributed by atoms with E-state index in [4.69, 9.17) is 4.74 Å². The molecule has 1 aliphatic carbocycles. The van der Waals surface area contributed by atoms with Crippen LogP contribution in [-0.4, -0.2) is 26.2 Å². The number of hydrogen-bond acceptors (Lipinski definition) is 6. The quantitative estimate of drug-likeness (QED) is 0.885. The zero-order chi connectivity index (χ0) is 14.1. The molecular weight excluding hydrogens is 274 g/mol. The molecule has 0 bridgehead atoms. The summed E-state index contributed by atoms with van der Waals surface area (Å²) >= 11 is 1.43. The van der Waals surface area contributed by atoms with E-state index in [-0.39, 0.29) is 0 Å². The maximum absolute atomic E-state index is 5.43. The lowest BCUT2D eigenvalue weighted by Gasteiger charge is -2.05. The molecule has 1 saturated carbocycles. The zero-order valence-corrected chi connectivity index (χ0v) is 12.8. The van der Waals surface area contributed by atoms with Crippen LogP contribution in [-0.2, 0) is 20.0 Å². The minimum absolute atomic E-state index is 0.598. The number of ether oxygens (including phenoxy) is 1. The lowest BCUT2D eigenvalue weighted by Crippen LogP contribution is -2.03. The van der Waals surface area contributed by atoms with Gasteiger partial charge in [0.1, 0.15) is 5.82 Å². The molecule has 6 nitrogen and oxygen atoms in total. The summed E-state index contributed by atoms with van der Waals surface area (Å²) in [4.78, 5) is 4.53. The number of hydrogen-bond donors (Lipinski definition) is 1. The van der Waals surface area contributed by atoms with Crippen molar-refractivity contribution in [3.8, 4) is 5.88 Å². The van der Waals surface area contributed by atoms with Gasteiger partial charge in [-0.3, -0.25) is 0 Å². The Bertz CT molecular complexity index is 602. The first-order chi connectivity index (χ1) is 9.72. The summed E-state index contributed by atoms with van der Waals surface area (Å²) in [5.74, 6) is 2.40. The number of aromatic nitrogens is 4. The molecule has 0 aliphatic heterocycles. The van der Waals surface area contributed by atoms with E-state index in [1.54, 1.807) is 11.8 Å². The molecule has 1 aliphatic rings.